The molecule has 1 aliphatic rings. The van der Waals surface area contributed by atoms with Crippen molar-refractivity contribution in [1.82, 2.24) is 4.90 Å². The van der Waals surface area contributed by atoms with Crippen LogP contribution in [0, 0.1) is 5.82 Å². The maximum absolute atomic E-state index is 13.4. The zero-order valence-corrected chi connectivity index (χ0v) is 15.0. The summed E-state index contributed by atoms with van der Waals surface area (Å²) in [5, 5.41) is 10.6. The Balaban J connectivity index is 1.95. The van der Waals surface area contributed by atoms with Crippen LogP contribution in [0.5, 0.6) is 5.75 Å². The highest BCUT2D eigenvalue weighted by atomic mass is 19.1. The van der Waals surface area contributed by atoms with Gasteiger partial charge >= 0.3 is 5.97 Å². The van der Waals surface area contributed by atoms with Gasteiger partial charge in [-0.1, -0.05) is 30.7 Å². The molecule has 0 saturated carbocycles. The predicted octanol–water partition coefficient (Wildman–Crippen LogP) is 3.82. The van der Waals surface area contributed by atoms with E-state index in [0.29, 0.717) is 5.56 Å². The molecule has 5 heteroatoms. The Kier molecular flexibility index (Phi) is 5.89. The van der Waals surface area contributed by atoms with Gasteiger partial charge in [-0.05, 0) is 55.3 Å². The molecular weight excluding hydrogens is 333 g/mol. The molecule has 138 valence electrons. The van der Waals surface area contributed by atoms with Crippen LogP contribution in [0.2, 0.25) is 0 Å². The average Bonchev–Trinajstić information content (AvgIpc) is 2.66. The summed E-state index contributed by atoms with van der Waals surface area (Å²) in [6, 6.07) is 11.6. The third-order valence-electron chi connectivity index (χ3n) is 4.91. The number of ether oxygens (including phenoxy) is 1. The van der Waals surface area contributed by atoms with E-state index in [0.717, 1.165) is 37.1 Å². The quantitative estimate of drug-likeness (QED) is 0.827. The second kappa shape index (κ2) is 8.32. The van der Waals surface area contributed by atoms with E-state index in [1.807, 2.05) is 12.1 Å². The van der Waals surface area contributed by atoms with Gasteiger partial charge in [-0.15, -0.1) is 0 Å². The van der Waals surface area contributed by atoms with E-state index < -0.39 is 0 Å². The van der Waals surface area contributed by atoms with Crippen molar-refractivity contribution in [3.05, 3.63) is 65.0 Å². The zero-order valence-electron chi connectivity index (χ0n) is 15.0. The Labute approximate surface area is 153 Å². The number of phenols is 1. The van der Waals surface area contributed by atoms with Crippen LogP contribution < -0.4 is 0 Å². The van der Waals surface area contributed by atoms with Gasteiger partial charge in [0.2, 0.25) is 0 Å². The van der Waals surface area contributed by atoms with E-state index in [9.17, 15) is 14.3 Å². The summed E-state index contributed by atoms with van der Waals surface area (Å²) in [5.41, 5.74) is 2.42. The number of halogens is 1. The number of piperidine rings is 1. The van der Waals surface area contributed by atoms with Crippen molar-refractivity contribution in [2.24, 2.45) is 0 Å². The second-order valence-corrected chi connectivity index (χ2v) is 6.70. The number of esters is 1. The SMILES string of the molecule is COC(=O)Cc1ccc(C(c2ccc(F)cc2)N2CCCCC2)c(O)c1. The Hall–Kier alpha value is -2.40. The van der Waals surface area contributed by atoms with Crippen molar-refractivity contribution >= 4 is 5.97 Å². The van der Waals surface area contributed by atoms with Gasteiger partial charge in [0.05, 0.1) is 19.6 Å². The number of phenolic OH excluding ortho intramolecular Hbond substituents is 1. The minimum absolute atomic E-state index is 0.120. The number of likely N-dealkylation sites (tertiary alicyclic amines) is 1. The summed E-state index contributed by atoms with van der Waals surface area (Å²) < 4.78 is 18.1. The lowest BCUT2D eigenvalue weighted by molar-refractivity contribution is -0.139. The number of benzene rings is 2. The third kappa shape index (κ3) is 4.22. The number of carbonyl (C=O) groups excluding carboxylic acids is 1. The molecule has 2 aromatic rings. The molecule has 0 aliphatic carbocycles. The summed E-state index contributed by atoms with van der Waals surface area (Å²) in [4.78, 5) is 13.8. The summed E-state index contributed by atoms with van der Waals surface area (Å²) in [5.74, 6) is -0.474. The highest BCUT2D eigenvalue weighted by Crippen LogP contribution is 2.36. The predicted molar refractivity (Wildman–Crippen MR) is 97.5 cm³/mol. The lowest BCUT2D eigenvalue weighted by atomic mass is 9.93. The zero-order chi connectivity index (χ0) is 18.5. The Morgan fingerprint density at radius 3 is 2.46 bits per heavy atom. The minimum Gasteiger partial charge on any atom is -0.508 e. The molecule has 1 saturated heterocycles. The summed E-state index contributed by atoms with van der Waals surface area (Å²) in [6.07, 6.45) is 3.55. The third-order valence-corrected chi connectivity index (χ3v) is 4.91. The van der Waals surface area contributed by atoms with Crippen molar-refractivity contribution in [3.63, 3.8) is 0 Å². The maximum atomic E-state index is 13.4. The van der Waals surface area contributed by atoms with Crippen LogP contribution in [-0.4, -0.2) is 36.2 Å². The van der Waals surface area contributed by atoms with Crippen LogP contribution in [0.4, 0.5) is 4.39 Å². The summed E-state index contributed by atoms with van der Waals surface area (Å²) in [6.45, 7) is 1.87. The number of hydrogen-bond donors (Lipinski definition) is 1. The molecular formula is C21H24FNO3. The van der Waals surface area contributed by atoms with Crippen LogP contribution in [-0.2, 0) is 16.0 Å². The number of methoxy groups -OCH3 is 1. The van der Waals surface area contributed by atoms with E-state index >= 15 is 0 Å². The molecule has 3 rings (SSSR count). The van der Waals surface area contributed by atoms with Crippen LogP contribution in [0.3, 0.4) is 0 Å². The topological polar surface area (TPSA) is 49.8 Å². The van der Waals surface area contributed by atoms with Gasteiger partial charge in [-0.25, -0.2) is 4.39 Å². The molecule has 4 nitrogen and oxygen atoms in total. The van der Waals surface area contributed by atoms with Gasteiger partial charge in [0, 0.05) is 5.56 Å². The number of aromatic hydroxyl groups is 1. The van der Waals surface area contributed by atoms with Crippen molar-refractivity contribution in [3.8, 4) is 5.75 Å². The molecule has 1 N–H and O–H groups in total. The average molecular weight is 357 g/mol. The molecule has 1 aliphatic heterocycles. The maximum Gasteiger partial charge on any atom is 0.309 e. The van der Waals surface area contributed by atoms with Gasteiger partial charge < -0.3 is 9.84 Å². The smallest absolute Gasteiger partial charge is 0.309 e. The lowest BCUT2D eigenvalue weighted by Crippen LogP contribution is -2.34. The summed E-state index contributed by atoms with van der Waals surface area (Å²) in [7, 11) is 1.34. The first-order valence-electron chi connectivity index (χ1n) is 8.96. The molecule has 0 radical (unpaired) electrons. The molecule has 0 spiro atoms. The standard InChI is InChI=1S/C21H24FNO3/c1-26-20(25)14-15-5-10-18(19(24)13-15)21(23-11-3-2-4-12-23)16-6-8-17(22)9-7-16/h5-10,13,21,24H,2-4,11-12,14H2,1H3. The van der Waals surface area contributed by atoms with Crippen LogP contribution in [0.15, 0.2) is 42.5 Å². The van der Waals surface area contributed by atoms with Gasteiger partial charge in [0.15, 0.2) is 0 Å². The summed E-state index contributed by atoms with van der Waals surface area (Å²) >= 11 is 0. The number of rotatable bonds is 5. The highest BCUT2D eigenvalue weighted by molar-refractivity contribution is 5.72. The van der Waals surface area contributed by atoms with E-state index in [1.54, 1.807) is 18.2 Å². The molecule has 0 aromatic heterocycles. The van der Waals surface area contributed by atoms with Gasteiger partial charge in [0.1, 0.15) is 11.6 Å². The number of hydrogen-bond acceptors (Lipinski definition) is 4. The van der Waals surface area contributed by atoms with Crippen LogP contribution in [0.1, 0.15) is 42.0 Å². The van der Waals surface area contributed by atoms with Crippen molar-refractivity contribution in [1.29, 1.82) is 0 Å². The Morgan fingerprint density at radius 2 is 1.85 bits per heavy atom. The Morgan fingerprint density at radius 1 is 1.15 bits per heavy atom. The molecule has 1 fully saturated rings. The molecule has 0 bridgehead atoms. The molecule has 1 atom stereocenters. The monoisotopic (exact) mass is 357 g/mol. The van der Waals surface area contributed by atoms with E-state index in [2.05, 4.69) is 9.64 Å². The van der Waals surface area contributed by atoms with E-state index in [1.165, 1.54) is 25.7 Å². The van der Waals surface area contributed by atoms with Crippen molar-refractivity contribution in [2.45, 2.75) is 31.7 Å². The first-order valence-corrected chi connectivity index (χ1v) is 8.96. The van der Waals surface area contributed by atoms with Crippen LogP contribution in [0.25, 0.3) is 0 Å². The largest absolute Gasteiger partial charge is 0.508 e. The van der Waals surface area contributed by atoms with Gasteiger partial charge in [-0.3, -0.25) is 9.69 Å². The van der Waals surface area contributed by atoms with E-state index in [4.69, 9.17) is 0 Å². The Bertz CT molecular complexity index is 754. The minimum atomic E-state index is -0.344. The fourth-order valence-electron chi connectivity index (χ4n) is 3.58. The normalized spacial score (nSPS) is 16.2. The first-order chi connectivity index (χ1) is 12.6. The molecule has 1 unspecified atom stereocenters. The lowest BCUT2D eigenvalue weighted by Gasteiger charge is -2.35. The fourth-order valence-corrected chi connectivity index (χ4v) is 3.58. The number of carbonyl (C=O) groups is 1. The van der Waals surface area contributed by atoms with Crippen LogP contribution >= 0.6 is 0 Å². The van der Waals surface area contributed by atoms with Gasteiger partial charge in [0.25, 0.3) is 0 Å². The van der Waals surface area contributed by atoms with Crippen molar-refractivity contribution in [2.75, 3.05) is 20.2 Å². The molecule has 26 heavy (non-hydrogen) atoms. The van der Waals surface area contributed by atoms with Gasteiger partial charge in [-0.2, -0.15) is 0 Å². The molecule has 1 heterocycles. The molecule has 2 aromatic carbocycles. The van der Waals surface area contributed by atoms with E-state index in [-0.39, 0.29) is 30.0 Å². The molecule has 0 amide bonds. The number of nitrogens with zero attached hydrogens (tertiary/aromatic N) is 1. The highest BCUT2D eigenvalue weighted by Gasteiger charge is 2.26. The fraction of sp³-hybridized carbons (Fsp3) is 0.381. The van der Waals surface area contributed by atoms with Crippen molar-refractivity contribution < 1.29 is 19.0 Å². The first kappa shape index (κ1) is 18.4. The second-order valence-electron chi connectivity index (χ2n) is 6.70.